The molecule has 8 heteroatoms. The third-order valence-corrected chi connectivity index (χ3v) is 3.62. The van der Waals surface area contributed by atoms with Crippen molar-refractivity contribution in [1.82, 2.24) is 5.32 Å². The van der Waals surface area contributed by atoms with Crippen LogP contribution in [-0.2, 0) is 16.0 Å². The molecule has 0 saturated heterocycles. The van der Waals surface area contributed by atoms with Gasteiger partial charge in [0, 0.05) is 31.3 Å². The van der Waals surface area contributed by atoms with Crippen LogP contribution in [0.1, 0.15) is 24.2 Å². The predicted molar refractivity (Wildman–Crippen MR) is 95.5 cm³/mol. The molecule has 0 aliphatic heterocycles. The number of non-ortho nitro benzene ring substituents is 1. The summed E-state index contributed by atoms with van der Waals surface area (Å²) in [6, 6.07) is 12.4. The highest BCUT2D eigenvalue weighted by atomic mass is 16.6. The number of nitro groups is 1. The molecule has 1 atom stereocenters. The fourth-order valence-electron chi connectivity index (χ4n) is 2.30. The molecule has 2 aromatic rings. The Bertz CT molecular complexity index is 787. The lowest BCUT2D eigenvalue weighted by molar-refractivity contribution is -0.384. The van der Waals surface area contributed by atoms with Crippen molar-refractivity contribution in [2.75, 3.05) is 11.9 Å². The Morgan fingerprint density at radius 3 is 2.27 bits per heavy atom. The van der Waals surface area contributed by atoms with Gasteiger partial charge in [-0.25, -0.2) is 0 Å². The first-order chi connectivity index (χ1) is 12.3. The summed E-state index contributed by atoms with van der Waals surface area (Å²) in [6.07, 6.45) is -0.824. The van der Waals surface area contributed by atoms with Crippen molar-refractivity contribution < 1.29 is 19.6 Å². The Labute approximate surface area is 150 Å². The summed E-state index contributed by atoms with van der Waals surface area (Å²) in [5, 5.41) is 25.9. The van der Waals surface area contributed by atoms with Crippen LogP contribution in [0.5, 0.6) is 0 Å². The fourth-order valence-corrected chi connectivity index (χ4v) is 2.30. The highest BCUT2D eigenvalue weighted by Crippen LogP contribution is 2.17. The summed E-state index contributed by atoms with van der Waals surface area (Å²) >= 11 is 0. The largest absolute Gasteiger partial charge is 0.387 e. The Balaban J connectivity index is 1.84. The van der Waals surface area contributed by atoms with Crippen LogP contribution in [0.15, 0.2) is 48.5 Å². The van der Waals surface area contributed by atoms with Gasteiger partial charge in [0.2, 0.25) is 11.8 Å². The summed E-state index contributed by atoms with van der Waals surface area (Å²) in [5.74, 6) is -0.436. The molecule has 136 valence electrons. The van der Waals surface area contributed by atoms with E-state index in [9.17, 15) is 24.8 Å². The standard InChI is InChI=1S/C18H19N3O5/c1-12(22)20-15-6-2-13(3-7-15)10-18(24)19-11-17(23)14-4-8-16(9-5-14)21(25)26/h2-9,17,23H,10-11H2,1H3,(H,19,24)(H,20,22)/t17-/m1/s1. The molecule has 2 rings (SSSR count). The molecule has 8 nitrogen and oxygen atoms in total. The number of nitrogens with one attached hydrogen (secondary N) is 2. The third kappa shape index (κ3) is 5.67. The van der Waals surface area contributed by atoms with Gasteiger partial charge in [0.1, 0.15) is 0 Å². The average molecular weight is 357 g/mol. The number of carbonyl (C=O) groups excluding carboxylic acids is 2. The molecule has 2 aromatic carbocycles. The predicted octanol–water partition coefficient (Wildman–Crippen LogP) is 1.95. The van der Waals surface area contributed by atoms with E-state index in [0.29, 0.717) is 11.3 Å². The van der Waals surface area contributed by atoms with E-state index in [1.54, 1.807) is 24.3 Å². The van der Waals surface area contributed by atoms with Gasteiger partial charge in [-0.3, -0.25) is 19.7 Å². The van der Waals surface area contributed by atoms with E-state index < -0.39 is 11.0 Å². The topological polar surface area (TPSA) is 122 Å². The van der Waals surface area contributed by atoms with Gasteiger partial charge in [0.05, 0.1) is 17.4 Å². The van der Waals surface area contributed by atoms with Crippen molar-refractivity contribution in [3.63, 3.8) is 0 Å². The first-order valence-electron chi connectivity index (χ1n) is 7.91. The lowest BCUT2D eigenvalue weighted by Gasteiger charge is -2.12. The van der Waals surface area contributed by atoms with Gasteiger partial charge in [-0.1, -0.05) is 12.1 Å². The fraction of sp³-hybridized carbons (Fsp3) is 0.222. The Hall–Kier alpha value is -3.26. The number of hydrogen-bond donors (Lipinski definition) is 3. The molecule has 0 spiro atoms. The number of aliphatic hydroxyl groups is 1. The van der Waals surface area contributed by atoms with E-state index in [4.69, 9.17) is 0 Å². The van der Waals surface area contributed by atoms with Crippen molar-refractivity contribution >= 4 is 23.2 Å². The number of benzene rings is 2. The second kappa shape index (κ2) is 8.72. The molecule has 0 heterocycles. The number of anilines is 1. The van der Waals surface area contributed by atoms with Gasteiger partial charge in [-0.15, -0.1) is 0 Å². The molecular formula is C18H19N3O5. The maximum Gasteiger partial charge on any atom is 0.269 e. The van der Waals surface area contributed by atoms with E-state index in [1.165, 1.54) is 31.2 Å². The zero-order chi connectivity index (χ0) is 19.1. The van der Waals surface area contributed by atoms with Crippen LogP contribution < -0.4 is 10.6 Å². The molecule has 3 N–H and O–H groups in total. The molecule has 0 unspecified atom stereocenters. The molecule has 26 heavy (non-hydrogen) atoms. The molecule has 0 radical (unpaired) electrons. The summed E-state index contributed by atoms with van der Waals surface area (Å²) in [7, 11) is 0. The monoisotopic (exact) mass is 357 g/mol. The van der Waals surface area contributed by atoms with Crippen molar-refractivity contribution in [3.05, 3.63) is 69.8 Å². The van der Waals surface area contributed by atoms with E-state index >= 15 is 0 Å². The molecular weight excluding hydrogens is 338 g/mol. The van der Waals surface area contributed by atoms with Gasteiger partial charge in [0.25, 0.3) is 5.69 Å². The smallest absolute Gasteiger partial charge is 0.269 e. The minimum Gasteiger partial charge on any atom is -0.387 e. The molecule has 0 fully saturated rings. The van der Waals surface area contributed by atoms with Gasteiger partial charge in [-0.2, -0.15) is 0 Å². The number of rotatable bonds is 7. The molecule has 0 aliphatic rings. The number of nitro benzene ring substituents is 1. The third-order valence-electron chi connectivity index (χ3n) is 3.62. The number of nitrogens with zero attached hydrogens (tertiary/aromatic N) is 1. The highest BCUT2D eigenvalue weighted by molar-refractivity contribution is 5.88. The molecule has 0 aromatic heterocycles. The first kappa shape index (κ1) is 19.1. The van der Waals surface area contributed by atoms with Crippen molar-refractivity contribution in [3.8, 4) is 0 Å². The van der Waals surface area contributed by atoms with Crippen LogP contribution in [0.25, 0.3) is 0 Å². The minimum absolute atomic E-state index is 0.000615. The lowest BCUT2D eigenvalue weighted by atomic mass is 10.1. The summed E-state index contributed by atoms with van der Waals surface area (Å²) in [6.45, 7) is 1.41. The highest BCUT2D eigenvalue weighted by Gasteiger charge is 2.12. The van der Waals surface area contributed by atoms with Crippen LogP contribution in [-0.4, -0.2) is 28.4 Å². The van der Waals surface area contributed by atoms with E-state index in [2.05, 4.69) is 10.6 Å². The quantitative estimate of drug-likeness (QED) is 0.516. The maximum absolute atomic E-state index is 12.0. The van der Waals surface area contributed by atoms with Gasteiger partial charge in [-0.05, 0) is 35.4 Å². The van der Waals surface area contributed by atoms with Crippen molar-refractivity contribution in [1.29, 1.82) is 0 Å². The first-order valence-corrected chi connectivity index (χ1v) is 7.91. The normalized spacial score (nSPS) is 11.5. The van der Waals surface area contributed by atoms with E-state index in [-0.39, 0.29) is 30.5 Å². The number of amides is 2. The Morgan fingerprint density at radius 1 is 1.12 bits per heavy atom. The lowest BCUT2D eigenvalue weighted by Crippen LogP contribution is -2.29. The summed E-state index contributed by atoms with van der Waals surface area (Å²) in [5.41, 5.74) is 1.83. The van der Waals surface area contributed by atoms with Crippen molar-refractivity contribution in [2.24, 2.45) is 0 Å². The molecule has 0 aliphatic carbocycles. The Morgan fingerprint density at radius 2 is 1.73 bits per heavy atom. The zero-order valence-electron chi connectivity index (χ0n) is 14.1. The molecule has 0 bridgehead atoms. The van der Waals surface area contributed by atoms with E-state index in [1.807, 2.05) is 0 Å². The maximum atomic E-state index is 12.0. The number of carbonyl (C=O) groups is 2. The number of hydrogen-bond acceptors (Lipinski definition) is 5. The average Bonchev–Trinajstić information content (AvgIpc) is 2.61. The van der Waals surface area contributed by atoms with Gasteiger partial charge in [0.15, 0.2) is 0 Å². The molecule has 2 amide bonds. The van der Waals surface area contributed by atoms with Crippen LogP contribution >= 0.6 is 0 Å². The summed E-state index contributed by atoms with van der Waals surface area (Å²) in [4.78, 5) is 33.0. The SMILES string of the molecule is CC(=O)Nc1ccc(CC(=O)NC[C@@H](O)c2ccc([N+](=O)[O-])cc2)cc1. The van der Waals surface area contributed by atoms with Crippen LogP contribution in [0.2, 0.25) is 0 Å². The van der Waals surface area contributed by atoms with Crippen molar-refractivity contribution in [2.45, 2.75) is 19.4 Å². The second-order valence-corrected chi connectivity index (χ2v) is 5.72. The van der Waals surface area contributed by atoms with Crippen LogP contribution in [0.3, 0.4) is 0 Å². The van der Waals surface area contributed by atoms with Crippen LogP contribution in [0.4, 0.5) is 11.4 Å². The number of aliphatic hydroxyl groups excluding tert-OH is 1. The summed E-state index contributed by atoms with van der Waals surface area (Å²) < 4.78 is 0. The second-order valence-electron chi connectivity index (χ2n) is 5.72. The van der Waals surface area contributed by atoms with Crippen LogP contribution in [0, 0.1) is 10.1 Å². The van der Waals surface area contributed by atoms with Gasteiger partial charge < -0.3 is 15.7 Å². The van der Waals surface area contributed by atoms with Gasteiger partial charge >= 0.3 is 0 Å². The zero-order valence-corrected chi connectivity index (χ0v) is 14.1. The molecule has 0 saturated carbocycles. The van der Waals surface area contributed by atoms with E-state index in [0.717, 1.165) is 5.56 Å². The Kier molecular flexibility index (Phi) is 6.40. The minimum atomic E-state index is -0.957.